The fraction of sp³-hybridized carbons (Fsp3) is 0.538. The molecule has 4 heteroatoms. The first kappa shape index (κ1) is 14.4. The van der Waals surface area contributed by atoms with Crippen molar-refractivity contribution in [1.29, 1.82) is 0 Å². The maximum Gasteiger partial charge on any atom is 0.442 e. The van der Waals surface area contributed by atoms with Gasteiger partial charge >= 0.3 is 5.51 Å². The molecule has 0 fully saturated rings. The standard InChI is InChI=1S/C13H17F3S/c1-9(2)10-5-7-11(8-6-10)12(3,4)17-13(14,15)16/h5-9H,1-4H3. The van der Waals surface area contributed by atoms with Gasteiger partial charge in [-0.3, -0.25) is 0 Å². The van der Waals surface area contributed by atoms with Gasteiger partial charge in [-0.05, 0) is 42.7 Å². The van der Waals surface area contributed by atoms with Crippen LogP contribution in [0.15, 0.2) is 24.3 Å². The predicted octanol–water partition coefficient (Wildman–Crippen LogP) is 5.30. The molecule has 0 atom stereocenters. The highest BCUT2D eigenvalue weighted by Gasteiger charge is 2.38. The molecule has 1 rings (SSSR count). The van der Waals surface area contributed by atoms with E-state index in [1.807, 2.05) is 12.1 Å². The second-order valence-corrected chi connectivity index (χ2v) is 6.52. The molecule has 0 unspecified atom stereocenters. The van der Waals surface area contributed by atoms with Crippen LogP contribution in [0, 0.1) is 0 Å². The molecule has 0 aliphatic carbocycles. The highest BCUT2D eigenvalue weighted by molar-refractivity contribution is 8.01. The first-order chi connectivity index (χ1) is 7.62. The van der Waals surface area contributed by atoms with Crippen LogP contribution in [0.25, 0.3) is 0 Å². The molecule has 0 saturated carbocycles. The lowest BCUT2D eigenvalue weighted by Crippen LogP contribution is -2.18. The number of rotatable bonds is 3. The van der Waals surface area contributed by atoms with Crippen LogP contribution in [-0.4, -0.2) is 5.51 Å². The lowest BCUT2D eigenvalue weighted by atomic mass is 9.97. The first-order valence-corrected chi connectivity index (χ1v) is 6.31. The molecular weight excluding hydrogens is 245 g/mol. The minimum atomic E-state index is -4.21. The van der Waals surface area contributed by atoms with E-state index in [1.165, 1.54) is 0 Å². The summed E-state index contributed by atoms with van der Waals surface area (Å²) in [6.45, 7) is 7.31. The Kier molecular flexibility index (Phi) is 4.18. The van der Waals surface area contributed by atoms with Crippen LogP contribution in [0.3, 0.4) is 0 Å². The van der Waals surface area contributed by atoms with Crippen LogP contribution in [0.4, 0.5) is 13.2 Å². The average molecular weight is 262 g/mol. The third kappa shape index (κ3) is 4.26. The molecule has 0 aliphatic rings. The Morgan fingerprint density at radius 1 is 1.00 bits per heavy atom. The second kappa shape index (κ2) is 4.92. The normalized spacial score (nSPS) is 13.2. The maximum atomic E-state index is 12.4. The van der Waals surface area contributed by atoms with Gasteiger partial charge in [0.1, 0.15) is 0 Å². The molecule has 0 spiro atoms. The Hall–Kier alpha value is -0.640. The van der Waals surface area contributed by atoms with Crippen molar-refractivity contribution in [1.82, 2.24) is 0 Å². The fourth-order valence-electron chi connectivity index (χ4n) is 1.62. The van der Waals surface area contributed by atoms with Crippen molar-refractivity contribution < 1.29 is 13.2 Å². The van der Waals surface area contributed by atoms with Gasteiger partial charge in [-0.15, -0.1) is 0 Å². The lowest BCUT2D eigenvalue weighted by Gasteiger charge is -2.26. The fourth-order valence-corrected chi connectivity index (χ4v) is 2.45. The molecule has 0 bridgehead atoms. The van der Waals surface area contributed by atoms with E-state index >= 15 is 0 Å². The van der Waals surface area contributed by atoms with E-state index in [2.05, 4.69) is 13.8 Å². The summed E-state index contributed by atoms with van der Waals surface area (Å²) in [7, 11) is 0. The highest BCUT2D eigenvalue weighted by Crippen LogP contribution is 2.46. The molecule has 0 nitrogen and oxygen atoms in total. The predicted molar refractivity (Wildman–Crippen MR) is 67.2 cm³/mol. The van der Waals surface area contributed by atoms with E-state index in [1.54, 1.807) is 26.0 Å². The zero-order valence-electron chi connectivity index (χ0n) is 10.4. The monoisotopic (exact) mass is 262 g/mol. The Balaban J connectivity index is 2.92. The van der Waals surface area contributed by atoms with Crippen molar-refractivity contribution in [3.05, 3.63) is 35.4 Å². The summed E-state index contributed by atoms with van der Waals surface area (Å²) >= 11 is 0.0264. The van der Waals surface area contributed by atoms with E-state index in [4.69, 9.17) is 0 Å². The highest BCUT2D eigenvalue weighted by atomic mass is 32.2. The number of benzene rings is 1. The number of thioether (sulfide) groups is 1. The Morgan fingerprint density at radius 3 is 1.82 bits per heavy atom. The van der Waals surface area contributed by atoms with Crippen molar-refractivity contribution in [2.24, 2.45) is 0 Å². The second-order valence-electron chi connectivity index (χ2n) is 4.83. The smallest absolute Gasteiger partial charge is 0.160 e. The van der Waals surface area contributed by atoms with Gasteiger partial charge < -0.3 is 0 Å². The van der Waals surface area contributed by atoms with E-state index in [9.17, 15) is 13.2 Å². The van der Waals surface area contributed by atoms with Crippen LogP contribution in [-0.2, 0) is 4.75 Å². The van der Waals surface area contributed by atoms with Gasteiger partial charge in [-0.25, -0.2) is 0 Å². The van der Waals surface area contributed by atoms with Crippen LogP contribution >= 0.6 is 11.8 Å². The minimum Gasteiger partial charge on any atom is -0.160 e. The van der Waals surface area contributed by atoms with Crippen molar-refractivity contribution in [2.75, 3.05) is 0 Å². The third-order valence-electron chi connectivity index (χ3n) is 2.64. The maximum absolute atomic E-state index is 12.4. The number of alkyl halides is 3. The molecule has 1 aromatic rings. The molecule has 0 radical (unpaired) electrons. The number of halogens is 3. The molecule has 0 N–H and O–H groups in total. The third-order valence-corrected chi connectivity index (χ3v) is 3.62. The van der Waals surface area contributed by atoms with Gasteiger partial charge in [0.2, 0.25) is 0 Å². The summed E-state index contributed by atoms with van der Waals surface area (Å²) in [5.74, 6) is 0.391. The summed E-state index contributed by atoms with van der Waals surface area (Å²) in [6, 6.07) is 7.37. The van der Waals surface area contributed by atoms with Gasteiger partial charge in [0.15, 0.2) is 0 Å². The van der Waals surface area contributed by atoms with Crippen molar-refractivity contribution in [3.8, 4) is 0 Å². The Labute approximate surface area is 105 Å². The van der Waals surface area contributed by atoms with Crippen molar-refractivity contribution in [3.63, 3.8) is 0 Å². The molecule has 0 aromatic heterocycles. The zero-order valence-corrected chi connectivity index (χ0v) is 11.2. The van der Waals surface area contributed by atoms with Crippen LogP contribution in [0.2, 0.25) is 0 Å². The molecular formula is C13H17F3S. The molecule has 0 heterocycles. The summed E-state index contributed by atoms with van der Waals surface area (Å²) in [4.78, 5) is 0. The molecule has 1 aromatic carbocycles. The molecule has 0 aliphatic heterocycles. The van der Waals surface area contributed by atoms with Crippen LogP contribution < -0.4 is 0 Å². The number of hydrogen-bond donors (Lipinski definition) is 0. The summed E-state index contributed by atoms with van der Waals surface area (Å²) in [6.07, 6.45) is 0. The van der Waals surface area contributed by atoms with E-state index < -0.39 is 10.3 Å². The first-order valence-electron chi connectivity index (χ1n) is 5.49. The molecule has 96 valence electrons. The van der Waals surface area contributed by atoms with Gasteiger partial charge in [0.05, 0.1) is 0 Å². The SMILES string of the molecule is CC(C)c1ccc(C(C)(C)SC(F)(F)F)cc1. The quantitative estimate of drug-likeness (QED) is 0.712. The van der Waals surface area contributed by atoms with Gasteiger partial charge in [-0.2, -0.15) is 13.2 Å². The van der Waals surface area contributed by atoms with Crippen molar-refractivity contribution >= 4 is 11.8 Å². The van der Waals surface area contributed by atoms with E-state index in [0.29, 0.717) is 11.5 Å². The summed E-state index contributed by atoms with van der Waals surface area (Å²) in [5, 5.41) is 0. The minimum absolute atomic E-state index is 0.0264. The van der Waals surface area contributed by atoms with E-state index in [-0.39, 0.29) is 11.8 Å². The number of hydrogen-bond acceptors (Lipinski definition) is 1. The largest absolute Gasteiger partial charge is 0.442 e. The Morgan fingerprint density at radius 2 is 1.47 bits per heavy atom. The van der Waals surface area contributed by atoms with E-state index in [0.717, 1.165) is 5.56 Å². The molecule has 0 saturated heterocycles. The summed E-state index contributed by atoms with van der Waals surface area (Å²) in [5.41, 5.74) is -2.37. The Bertz CT molecular complexity index is 363. The molecule has 0 amide bonds. The molecule has 17 heavy (non-hydrogen) atoms. The van der Waals surface area contributed by atoms with Gasteiger partial charge in [-0.1, -0.05) is 38.1 Å². The zero-order chi connectivity index (χ0) is 13.3. The van der Waals surface area contributed by atoms with Crippen LogP contribution in [0.5, 0.6) is 0 Å². The van der Waals surface area contributed by atoms with Crippen molar-refractivity contribution in [2.45, 2.75) is 43.9 Å². The van der Waals surface area contributed by atoms with Gasteiger partial charge in [0, 0.05) is 4.75 Å². The lowest BCUT2D eigenvalue weighted by molar-refractivity contribution is -0.0341. The average Bonchev–Trinajstić information content (AvgIpc) is 2.14. The topological polar surface area (TPSA) is 0 Å². The van der Waals surface area contributed by atoms with Gasteiger partial charge in [0.25, 0.3) is 0 Å². The van der Waals surface area contributed by atoms with Crippen LogP contribution in [0.1, 0.15) is 44.7 Å². The summed E-state index contributed by atoms with van der Waals surface area (Å²) < 4.78 is 36.3.